The molecule has 1 fully saturated rings. The zero-order chi connectivity index (χ0) is 20.6. The van der Waals surface area contributed by atoms with Crippen LogP contribution in [0, 0.1) is 13.8 Å². The molecule has 4 rings (SSSR count). The fraction of sp³-hybridized carbons (Fsp3) is 0.350. The summed E-state index contributed by atoms with van der Waals surface area (Å²) in [5, 5.41) is 8.50. The van der Waals surface area contributed by atoms with Gasteiger partial charge in [-0.15, -0.1) is 0 Å². The van der Waals surface area contributed by atoms with Crippen LogP contribution < -0.4 is 0 Å². The standard InChI is InChI=1S/C20H23N5O3S/c1-14-19(15(2)23-22-14)29(27,28)25-11-5-10-24(12-13-25)20(26)18-17-7-4-3-6-16(17)8-9-21-18/h3-4,6-9H,5,10-13H2,1-2H3,(H,22,23). The van der Waals surface area contributed by atoms with Gasteiger partial charge in [-0.3, -0.25) is 14.9 Å². The first-order chi connectivity index (χ1) is 13.9. The van der Waals surface area contributed by atoms with Crippen LogP contribution in [0.4, 0.5) is 0 Å². The molecule has 8 nitrogen and oxygen atoms in total. The van der Waals surface area contributed by atoms with E-state index in [1.165, 1.54) is 4.31 Å². The molecule has 1 N–H and O–H groups in total. The number of nitrogens with zero attached hydrogens (tertiary/aromatic N) is 4. The average molecular weight is 414 g/mol. The topological polar surface area (TPSA) is 99.3 Å². The van der Waals surface area contributed by atoms with Crippen molar-refractivity contribution in [2.24, 2.45) is 0 Å². The highest BCUT2D eigenvalue weighted by atomic mass is 32.2. The van der Waals surface area contributed by atoms with Crippen LogP contribution in [-0.4, -0.2) is 64.9 Å². The van der Waals surface area contributed by atoms with E-state index in [0.717, 1.165) is 10.8 Å². The van der Waals surface area contributed by atoms with Crippen molar-refractivity contribution in [1.82, 2.24) is 24.4 Å². The van der Waals surface area contributed by atoms with Crippen LogP contribution in [0.1, 0.15) is 28.3 Å². The van der Waals surface area contributed by atoms with Crippen molar-refractivity contribution in [3.63, 3.8) is 0 Å². The van der Waals surface area contributed by atoms with Gasteiger partial charge < -0.3 is 4.90 Å². The maximum atomic E-state index is 13.1. The third kappa shape index (κ3) is 3.51. The Hall–Kier alpha value is -2.78. The van der Waals surface area contributed by atoms with Crippen molar-refractivity contribution in [3.8, 4) is 0 Å². The number of carbonyl (C=O) groups excluding carboxylic acids is 1. The van der Waals surface area contributed by atoms with E-state index in [-0.39, 0.29) is 17.3 Å². The molecule has 1 amide bonds. The maximum absolute atomic E-state index is 13.1. The van der Waals surface area contributed by atoms with Crippen molar-refractivity contribution >= 4 is 26.7 Å². The second-order valence-electron chi connectivity index (χ2n) is 7.19. The minimum Gasteiger partial charge on any atom is -0.336 e. The molecule has 0 bridgehead atoms. The summed E-state index contributed by atoms with van der Waals surface area (Å²) in [5.74, 6) is -0.170. The Labute approximate surface area is 169 Å². The van der Waals surface area contributed by atoms with E-state index in [1.807, 2.05) is 30.3 Å². The molecule has 3 heterocycles. The average Bonchev–Trinajstić information content (AvgIpc) is 2.92. The predicted octanol–water partition coefficient (Wildman–Crippen LogP) is 2.11. The van der Waals surface area contributed by atoms with E-state index in [1.54, 1.807) is 24.9 Å². The van der Waals surface area contributed by atoms with Crippen LogP contribution in [0.25, 0.3) is 10.8 Å². The number of carbonyl (C=O) groups is 1. The Kier molecular flexibility index (Phi) is 5.10. The van der Waals surface area contributed by atoms with E-state index in [4.69, 9.17) is 0 Å². The van der Waals surface area contributed by atoms with Gasteiger partial charge in [-0.2, -0.15) is 9.40 Å². The zero-order valence-electron chi connectivity index (χ0n) is 16.4. The number of pyridine rings is 1. The summed E-state index contributed by atoms with van der Waals surface area (Å²) >= 11 is 0. The molecular formula is C20H23N5O3S. The number of aromatic nitrogens is 3. The number of sulfonamides is 1. The Morgan fingerprint density at radius 1 is 1.07 bits per heavy atom. The van der Waals surface area contributed by atoms with Gasteiger partial charge in [0.1, 0.15) is 10.6 Å². The Bertz CT molecular complexity index is 1150. The molecule has 2 aromatic heterocycles. The molecule has 29 heavy (non-hydrogen) atoms. The lowest BCUT2D eigenvalue weighted by Crippen LogP contribution is -2.38. The van der Waals surface area contributed by atoms with E-state index in [2.05, 4.69) is 15.2 Å². The highest BCUT2D eigenvalue weighted by Gasteiger charge is 2.32. The molecule has 152 valence electrons. The molecule has 0 spiro atoms. The van der Waals surface area contributed by atoms with Gasteiger partial charge in [0.05, 0.1) is 11.4 Å². The summed E-state index contributed by atoms with van der Waals surface area (Å²) in [6.45, 7) is 4.78. The number of rotatable bonds is 3. The lowest BCUT2D eigenvalue weighted by molar-refractivity contribution is 0.0760. The van der Waals surface area contributed by atoms with Crippen LogP contribution >= 0.6 is 0 Å². The molecule has 0 unspecified atom stereocenters. The smallest absolute Gasteiger partial charge is 0.273 e. The molecule has 9 heteroatoms. The van der Waals surface area contributed by atoms with Gasteiger partial charge in [0.25, 0.3) is 5.91 Å². The molecule has 3 aromatic rings. The number of aryl methyl sites for hydroxylation is 2. The quantitative estimate of drug-likeness (QED) is 0.709. The van der Waals surface area contributed by atoms with Gasteiger partial charge in [-0.25, -0.2) is 8.42 Å². The highest BCUT2D eigenvalue weighted by molar-refractivity contribution is 7.89. The number of nitrogens with one attached hydrogen (secondary N) is 1. The molecule has 1 aliphatic heterocycles. The number of H-pyrrole nitrogens is 1. The third-order valence-electron chi connectivity index (χ3n) is 5.28. The summed E-state index contributed by atoms with van der Waals surface area (Å²) in [7, 11) is -3.67. The first-order valence-electron chi connectivity index (χ1n) is 9.54. The summed E-state index contributed by atoms with van der Waals surface area (Å²) < 4.78 is 27.7. The van der Waals surface area contributed by atoms with Crippen LogP contribution in [0.5, 0.6) is 0 Å². The van der Waals surface area contributed by atoms with Gasteiger partial charge in [0, 0.05) is 37.8 Å². The molecule has 0 saturated carbocycles. The summed E-state index contributed by atoms with van der Waals surface area (Å²) in [5.41, 5.74) is 1.39. The molecular weight excluding hydrogens is 390 g/mol. The van der Waals surface area contributed by atoms with Crippen LogP contribution in [0.2, 0.25) is 0 Å². The Morgan fingerprint density at radius 2 is 1.86 bits per heavy atom. The van der Waals surface area contributed by atoms with Crippen LogP contribution in [0.3, 0.4) is 0 Å². The molecule has 0 aliphatic carbocycles. The minimum atomic E-state index is -3.67. The fourth-order valence-corrected chi connectivity index (χ4v) is 5.63. The molecule has 0 radical (unpaired) electrons. The second kappa shape index (κ2) is 7.57. The van der Waals surface area contributed by atoms with Gasteiger partial charge >= 0.3 is 0 Å². The Morgan fingerprint density at radius 3 is 2.62 bits per heavy atom. The number of amides is 1. The SMILES string of the molecule is Cc1n[nH]c(C)c1S(=O)(=O)N1CCCN(C(=O)c2nccc3ccccc23)CC1. The largest absolute Gasteiger partial charge is 0.336 e. The van der Waals surface area contributed by atoms with Crippen molar-refractivity contribution in [2.45, 2.75) is 25.2 Å². The second-order valence-corrected chi connectivity index (χ2v) is 9.07. The summed E-state index contributed by atoms with van der Waals surface area (Å²) in [4.78, 5) is 19.4. The van der Waals surface area contributed by atoms with Crippen molar-refractivity contribution < 1.29 is 13.2 Å². The first-order valence-corrected chi connectivity index (χ1v) is 11.0. The third-order valence-corrected chi connectivity index (χ3v) is 7.44. The molecule has 1 aliphatic rings. The first kappa shape index (κ1) is 19.5. The van der Waals surface area contributed by atoms with E-state index < -0.39 is 10.0 Å². The van der Waals surface area contributed by atoms with Gasteiger partial charge in [0.15, 0.2) is 0 Å². The predicted molar refractivity (Wildman–Crippen MR) is 109 cm³/mol. The van der Waals surface area contributed by atoms with Crippen LogP contribution in [-0.2, 0) is 10.0 Å². The number of fused-ring (bicyclic) bond motifs is 1. The number of benzene rings is 1. The van der Waals surface area contributed by atoms with E-state index >= 15 is 0 Å². The zero-order valence-corrected chi connectivity index (χ0v) is 17.2. The minimum absolute atomic E-state index is 0.170. The lowest BCUT2D eigenvalue weighted by Gasteiger charge is -2.22. The highest BCUT2D eigenvalue weighted by Crippen LogP contribution is 2.24. The van der Waals surface area contributed by atoms with Gasteiger partial charge in [-0.05, 0) is 31.7 Å². The van der Waals surface area contributed by atoms with E-state index in [0.29, 0.717) is 43.1 Å². The molecule has 1 aromatic carbocycles. The summed E-state index contributed by atoms with van der Waals surface area (Å²) in [6.07, 6.45) is 2.19. The van der Waals surface area contributed by atoms with E-state index in [9.17, 15) is 13.2 Å². The monoisotopic (exact) mass is 413 g/mol. The number of hydrogen-bond donors (Lipinski definition) is 1. The van der Waals surface area contributed by atoms with Gasteiger partial charge in [-0.1, -0.05) is 24.3 Å². The fourth-order valence-electron chi connectivity index (χ4n) is 3.83. The molecule has 0 atom stereocenters. The van der Waals surface area contributed by atoms with Crippen molar-refractivity contribution in [2.75, 3.05) is 26.2 Å². The van der Waals surface area contributed by atoms with Crippen LogP contribution in [0.15, 0.2) is 41.4 Å². The summed E-state index contributed by atoms with van der Waals surface area (Å²) in [6, 6.07) is 9.51. The maximum Gasteiger partial charge on any atom is 0.273 e. The lowest BCUT2D eigenvalue weighted by atomic mass is 10.1. The van der Waals surface area contributed by atoms with Crippen molar-refractivity contribution in [1.29, 1.82) is 0 Å². The normalized spacial score (nSPS) is 16.1. The Balaban J connectivity index is 1.57. The number of hydrogen-bond acceptors (Lipinski definition) is 5. The number of aromatic amines is 1. The molecule has 1 saturated heterocycles. The van der Waals surface area contributed by atoms with Gasteiger partial charge in [0.2, 0.25) is 10.0 Å². The van der Waals surface area contributed by atoms with Crippen molar-refractivity contribution in [3.05, 3.63) is 53.6 Å².